The monoisotopic (exact) mass is 246 g/mol. The summed E-state index contributed by atoms with van der Waals surface area (Å²) in [6, 6.07) is 8.13. The van der Waals surface area contributed by atoms with E-state index in [4.69, 9.17) is 0 Å². The van der Waals surface area contributed by atoms with Crippen LogP contribution in [-0.4, -0.2) is 41.7 Å². The predicted molar refractivity (Wildman–Crippen MR) is 69.3 cm³/mol. The molecule has 3 rings (SSSR count). The van der Waals surface area contributed by atoms with Gasteiger partial charge in [-0.3, -0.25) is 4.79 Å². The van der Waals surface area contributed by atoms with Crippen molar-refractivity contribution in [2.75, 3.05) is 25.0 Å². The van der Waals surface area contributed by atoms with Crippen LogP contribution in [0.1, 0.15) is 12.0 Å². The molecule has 0 aromatic heterocycles. The van der Waals surface area contributed by atoms with Crippen molar-refractivity contribution in [2.24, 2.45) is 5.92 Å². The van der Waals surface area contributed by atoms with Crippen LogP contribution in [0.15, 0.2) is 24.3 Å². The highest BCUT2D eigenvalue weighted by Crippen LogP contribution is 2.26. The lowest BCUT2D eigenvalue weighted by Gasteiger charge is -2.28. The van der Waals surface area contributed by atoms with Gasteiger partial charge in [-0.15, -0.1) is 0 Å². The topological polar surface area (TPSA) is 52.6 Å². The van der Waals surface area contributed by atoms with Gasteiger partial charge in [0.05, 0.1) is 12.0 Å². The number of nitrogens with zero attached hydrogens (tertiary/aromatic N) is 1. The van der Waals surface area contributed by atoms with E-state index < -0.39 is 0 Å². The minimum absolute atomic E-state index is 0.00481. The van der Waals surface area contributed by atoms with Crippen LogP contribution >= 0.6 is 0 Å². The van der Waals surface area contributed by atoms with Crippen LogP contribution < -0.4 is 5.32 Å². The third kappa shape index (κ3) is 2.08. The lowest BCUT2D eigenvalue weighted by atomic mass is 9.93. The fourth-order valence-electron chi connectivity index (χ4n) is 2.82. The van der Waals surface area contributed by atoms with E-state index in [0.717, 1.165) is 12.1 Å². The van der Waals surface area contributed by atoms with E-state index >= 15 is 0 Å². The summed E-state index contributed by atoms with van der Waals surface area (Å²) in [6.07, 6.45) is 1.18. The van der Waals surface area contributed by atoms with Gasteiger partial charge in [-0.05, 0) is 24.5 Å². The summed E-state index contributed by atoms with van der Waals surface area (Å²) in [4.78, 5) is 14.1. The van der Waals surface area contributed by atoms with E-state index in [1.807, 2.05) is 12.1 Å². The molecule has 1 unspecified atom stereocenters. The first-order valence-electron chi connectivity index (χ1n) is 6.52. The molecule has 1 aromatic rings. The highest BCUT2D eigenvalue weighted by atomic mass is 16.3. The molecule has 2 aliphatic heterocycles. The number of amides is 1. The van der Waals surface area contributed by atoms with Gasteiger partial charge in [-0.25, -0.2) is 0 Å². The first-order valence-corrected chi connectivity index (χ1v) is 6.52. The van der Waals surface area contributed by atoms with Gasteiger partial charge in [0.1, 0.15) is 0 Å². The highest BCUT2D eigenvalue weighted by Gasteiger charge is 2.31. The fraction of sp³-hybridized carbons (Fsp3) is 0.500. The number of hydrogen-bond acceptors (Lipinski definition) is 3. The smallest absolute Gasteiger partial charge is 0.227 e. The molecular formula is C14H18N2O2. The largest absolute Gasteiger partial charge is 0.391 e. The summed E-state index contributed by atoms with van der Waals surface area (Å²) in [5.41, 5.74) is 2.35. The first-order chi connectivity index (χ1) is 8.74. The molecule has 4 nitrogen and oxygen atoms in total. The normalized spacial score (nSPS) is 26.6. The molecule has 2 atom stereocenters. The zero-order chi connectivity index (χ0) is 12.5. The van der Waals surface area contributed by atoms with Crippen LogP contribution in [0.5, 0.6) is 0 Å². The summed E-state index contributed by atoms with van der Waals surface area (Å²) >= 11 is 0. The molecule has 0 saturated carbocycles. The second-order valence-corrected chi connectivity index (χ2v) is 5.17. The predicted octanol–water partition coefficient (Wildman–Crippen LogP) is 0.864. The minimum Gasteiger partial charge on any atom is -0.391 e. The molecule has 1 amide bonds. The molecule has 0 spiro atoms. The number of hydrogen-bond donors (Lipinski definition) is 2. The zero-order valence-electron chi connectivity index (χ0n) is 10.3. The van der Waals surface area contributed by atoms with Crippen LogP contribution in [0.4, 0.5) is 5.69 Å². The Balaban J connectivity index is 1.70. The number of anilines is 1. The lowest BCUT2D eigenvalue weighted by Crippen LogP contribution is -2.40. The van der Waals surface area contributed by atoms with Gasteiger partial charge in [-0.1, -0.05) is 18.2 Å². The number of fused-ring (bicyclic) bond motifs is 1. The molecule has 2 heterocycles. The van der Waals surface area contributed by atoms with Crippen molar-refractivity contribution in [1.29, 1.82) is 0 Å². The molecule has 1 fully saturated rings. The van der Waals surface area contributed by atoms with Crippen LogP contribution in [-0.2, 0) is 11.2 Å². The van der Waals surface area contributed by atoms with Gasteiger partial charge >= 0.3 is 0 Å². The van der Waals surface area contributed by atoms with Crippen molar-refractivity contribution < 1.29 is 9.90 Å². The maximum atomic E-state index is 12.3. The van der Waals surface area contributed by atoms with Gasteiger partial charge < -0.3 is 15.3 Å². The van der Waals surface area contributed by atoms with Crippen LogP contribution in [0.2, 0.25) is 0 Å². The average Bonchev–Trinajstić information content (AvgIpc) is 2.84. The molecule has 96 valence electrons. The Morgan fingerprint density at radius 3 is 3.00 bits per heavy atom. The van der Waals surface area contributed by atoms with Crippen molar-refractivity contribution >= 4 is 11.6 Å². The molecule has 18 heavy (non-hydrogen) atoms. The molecule has 0 aliphatic carbocycles. The van der Waals surface area contributed by atoms with Crippen LogP contribution in [0, 0.1) is 5.92 Å². The third-order valence-electron chi connectivity index (χ3n) is 3.85. The number of benzene rings is 1. The van der Waals surface area contributed by atoms with E-state index in [-0.39, 0.29) is 17.9 Å². The van der Waals surface area contributed by atoms with Crippen LogP contribution in [0.3, 0.4) is 0 Å². The zero-order valence-corrected chi connectivity index (χ0v) is 10.3. The van der Waals surface area contributed by atoms with Crippen molar-refractivity contribution in [2.45, 2.75) is 18.9 Å². The summed E-state index contributed by atoms with van der Waals surface area (Å²) in [5.74, 6) is 0.179. The van der Waals surface area contributed by atoms with Gasteiger partial charge in [0.2, 0.25) is 5.91 Å². The van der Waals surface area contributed by atoms with Crippen molar-refractivity contribution in [3.63, 3.8) is 0 Å². The molecule has 2 N–H and O–H groups in total. The van der Waals surface area contributed by atoms with Crippen molar-refractivity contribution in [3.05, 3.63) is 29.8 Å². The van der Waals surface area contributed by atoms with Crippen LogP contribution in [0.25, 0.3) is 0 Å². The van der Waals surface area contributed by atoms with Crippen molar-refractivity contribution in [1.82, 2.24) is 4.90 Å². The minimum atomic E-state index is -0.335. The molecule has 4 heteroatoms. The molecule has 2 aliphatic rings. The highest BCUT2D eigenvalue weighted by molar-refractivity contribution is 5.81. The number of carbonyl (C=O) groups excluding carboxylic acids is 1. The van der Waals surface area contributed by atoms with Gasteiger partial charge in [0.25, 0.3) is 0 Å². The second kappa shape index (κ2) is 4.61. The molecule has 1 aromatic carbocycles. The van der Waals surface area contributed by atoms with E-state index in [1.54, 1.807) is 4.90 Å². The Hall–Kier alpha value is -1.55. The maximum Gasteiger partial charge on any atom is 0.227 e. The summed E-state index contributed by atoms with van der Waals surface area (Å²) in [5, 5.41) is 12.8. The summed E-state index contributed by atoms with van der Waals surface area (Å²) in [6.45, 7) is 1.89. The molecule has 0 radical (unpaired) electrons. The lowest BCUT2D eigenvalue weighted by molar-refractivity contribution is -0.134. The average molecular weight is 246 g/mol. The quantitative estimate of drug-likeness (QED) is 0.773. The SMILES string of the molecule is O=C(C1CNc2ccccc2C1)N1CC[C@@H](O)C1. The van der Waals surface area contributed by atoms with E-state index in [1.165, 1.54) is 5.56 Å². The number of aliphatic hydroxyl groups excluding tert-OH is 1. The van der Waals surface area contributed by atoms with E-state index in [9.17, 15) is 9.90 Å². The Kier molecular flexibility index (Phi) is 2.96. The van der Waals surface area contributed by atoms with Gasteiger partial charge in [-0.2, -0.15) is 0 Å². The number of likely N-dealkylation sites (tertiary alicyclic amines) is 1. The molecular weight excluding hydrogens is 228 g/mol. The molecule has 0 bridgehead atoms. The second-order valence-electron chi connectivity index (χ2n) is 5.17. The van der Waals surface area contributed by atoms with E-state index in [2.05, 4.69) is 17.4 Å². The number of nitrogens with one attached hydrogen (secondary N) is 1. The third-order valence-corrected chi connectivity index (χ3v) is 3.85. The maximum absolute atomic E-state index is 12.3. The van der Waals surface area contributed by atoms with E-state index in [0.29, 0.717) is 26.1 Å². The number of β-amino-alcohol motifs (C(OH)–C–C–N with tert-alkyl or cyclic N) is 1. The Morgan fingerprint density at radius 1 is 1.39 bits per heavy atom. The van der Waals surface area contributed by atoms with Gasteiger partial charge in [0.15, 0.2) is 0 Å². The fourth-order valence-corrected chi connectivity index (χ4v) is 2.82. The Bertz CT molecular complexity index is 461. The summed E-state index contributed by atoms with van der Waals surface area (Å²) < 4.78 is 0. The summed E-state index contributed by atoms with van der Waals surface area (Å²) in [7, 11) is 0. The standard InChI is InChI=1S/C14H18N2O2/c17-12-5-6-16(9-12)14(18)11-7-10-3-1-2-4-13(10)15-8-11/h1-4,11-12,15,17H,5-9H2/t11?,12-/m1/s1. The van der Waals surface area contributed by atoms with Gasteiger partial charge in [0, 0.05) is 25.3 Å². The molecule has 1 saturated heterocycles. The van der Waals surface area contributed by atoms with Crippen molar-refractivity contribution in [3.8, 4) is 0 Å². The first kappa shape index (κ1) is 11.5. The number of carbonyl (C=O) groups is 1. The Morgan fingerprint density at radius 2 is 2.22 bits per heavy atom. The Labute approximate surface area is 107 Å². The number of para-hydroxylation sites is 1. The number of rotatable bonds is 1. The number of aliphatic hydroxyl groups is 1.